The molecule has 0 radical (unpaired) electrons. The summed E-state index contributed by atoms with van der Waals surface area (Å²) >= 11 is 1.54. The number of likely N-dealkylation sites (N-methyl/N-ethyl adjacent to an activating group) is 1. The van der Waals surface area contributed by atoms with Crippen LogP contribution in [0.5, 0.6) is 0 Å². The molecule has 0 spiro atoms. The summed E-state index contributed by atoms with van der Waals surface area (Å²) in [6, 6.07) is 0.471. The highest BCUT2D eigenvalue weighted by atomic mass is 32.1. The van der Waals surface area contributed by atoms with Crippen molar-refractivity contribution in [2.24, 2.45) is 5.92 Å². The van der Waals surface area contributed by atoms with Crippen molar-refractivity contribution in [2.75, 3.05) is 6.54 Å². The van der Waals surface area contributed by atoms with E-state index in [9.17, 15) is 0 Å². The Balaban J connectivity index is 1.69. The topological polar surface area (TPSA) is 63.8 Å². The third kappa shape index (κ3) is 2.59. The Hall–Kier alpha value is -1.27. The van der Waals surface area contributed by atoms with E-state index in [4.69, 9.17) is 4.52 Å². The Morgan fingerprint density at radius 1 is 1.56 bits per heavy atom. The van der Waals surface area contributed by atoms with Crippen molar-refractivity contribution >= 4 is 11.3 Å². The SMILES string of the molecule is CCNC(Cc1nc(-c2cscn2)no1)C1CC1. The minimum absolute atomic E-state index is 0.471. The van der Waals surface area contributed by atoms with E-state index in [0.29, 0.717) is 17.8 Å². The van der Waals surface area contributed by atoms with Gasteiger partial charge in [0.05, 0.1) is 5.51 Å². The lowest BCUT2D eigenvalue weighted by atomic mass is 10.1. The fourth-order valence-electron chi connectivity index (χ4n) is 2.12. The van der Waals surface area contributed by atoms with Gasteiger partial charge in [-0.25, -0.2) is 4.98 Å². The molecule has 3 rings (SSSR count). The van der Waals surface area contributed by atoms with Crippen molar-refractivity contribution < 1.29 is 4.52 Å². The Bertz CT molecular complexity index is 492. The van der Waals surface area contributed by atoms with Crippen LogP contribution in [0.1, 0.15) is 25.7 Å². The van der Waals surface area contributed by atoms with Gasteiger partial charge in [-0.3, -0.25) is 0 Å². The average molecular weight is 264 g/mol. The molecule has 0 saturated heterocycles. The summed E-state index contributed by atoms with van der Waals surface area (Å²) in [7, 11) is 0. The molecule has 0 aromatic carbocycles. The first-order valence-electron chi connectivity index (χ1n) is 6.31. The van der Waals surface area contributed by atoms with Gasteiger partial charge in [-0.1, -0.05) is 12.1 Å². The third-order valence-corrected chi connectivity index (χ3v) is 3.77. The van der Waals surface area contributed by atoms with E-state index in [2.05, 4.69) is 27.4 Å². The Labute approximate surface area is 110 Å². The molecule has 1 atom stereocenters. The van der Waals surface area contributed by atoms with Gasteiger partial charge < -0.3 is 9.84 Å². The van der Waals surface area contributed by atoms with E-state index in [-0.39, 0.29) is 0 Å². The fraction of sp³-hybridized carbons (Fsp3) is 0.583. The molecule has 1 saturated carbocycles. The Morgan fingerprint density at radius 2 is 2.44 bits per heavy atom. The second kappa shape index (κ2) is 5.16. The van der Waals surface area contributed by atoms with Gasteiger partial charge in [-0.2, -0.15) is 4.98 Å². The molecule has 18 heavy (non-hydrogen) atoms. The molecule has 1 aliphatic carbocycles. The molecule has 1 N–H and O–H groups in total. The van der Waals surface area contributed by atoms with Gasteiger partial charge in [-0.15, -0.1) is 11.3 Å². The standard InChI is InChI=1S/C12H16N4OS/c1-2-13-9(8-3-4-8)5-11-15-12(16-17-11)10-6-18-7-14-10/h6-9,13H,2-5H2,1H3. The van der Waals surface area contributed by atoms with E-state index in [1.807, 2.05) is 5.38 Å². The maximum Gasteiger partial charge on any atom is 0.228 e. The number of nitrogens with one attached hydrogen (secondary N) is 1. The van der Waals surface area contributed by atoms with Crippen LogP contribution in [0.25, 0.3) is 11.5 Å². The second-order valence-corrected chi connectivity index (χ2v) is 5.31. The molecule has 6 heteroatoms. The van der Waals surface area contributed by atoms with Crippen LogP contribution in [-0.2, 0) is 6.42 Å². The van der Waals surface area contributed by atoms with Crippen molar-refractivity contribution in [3.63, 3.8) is 0 Å². The van der Waals surface area contributed by atoms with E-state index < -0.39 is 0 Å². The third-order valence-electron chi connectivity index (χ3n) is 3.18. The van der Waals surface area contributed by atoms with Crippen molar-refractivity contribution in [3.8, 4) is 11.5 Å². The van der Waals surface area contributed by atoms with Crippen LogP contribution < -0.4 is 5.32 Å². The predicted octanol–water partition coefficient (Wildman–Crippen LogP) is 2.12. The van der Waals surface area contributed by atoms with Crippen LogP contribution in [0.15, 0.2) is 15.4 Å². The quantitative estimate of drug-likeness (QED) is 0.866. The lowest BCUT2D eigenvalue weighted by molar-refractivity contribution is 0.348. The van der Waals surface area contributed by atoms with Crippen molar-refractivity contribution in [1.29, 1.82) is 0 Å². The summed E-state index contributed by atoms with van der Waals surface area (Å²) in [5, 5.41) is 9.41. The van der Waals surface area contributed by atoms with Gasteiger partial charge in [0.25, 0.3) is 0 Å². The number of aromatic nitrogens is 3. The van der Waals surface area contributed by atoms with Crippen LogP contribution in [0, 0.1) is 5.92 Å². The van der Waals surface area contributed by atoms with Crippen molar-refractivity contribution in [2.45, 2.75) is 32.2 Å². The Morgan fingerprint density at radius 3 is 3.11 bits per heavy atom. The summed E-state index contributed by atoms with van der Waals surface area (Å²) in [6.07, 6.45) is 3.44. The van der Waals surface area contributed by atoms with Gasteiger partial charge in [0.15, 0.2) is 0 Å². The van der Waals surface area contributed by atoms with Crippen LogP contribution in [0.2, 0.25) is 0 Å². The zero-order valence-corrected chi connectivity index (χ0v) is 11.1. The molecule has 2 aromatic rings. The highest BCUT2D eigenvalue weighted by molar-refractivity contribution is 7.07. The second-order valence-electron chi connectivity index (χ2n) is 4.59. The van der Waals surface area contributed by atoms with Gasteiger partial charge in [-0.05, 0) is 25.3 Å². The predicted molar refractivity (Wildman–Crippen MR) is 69.3 cm³/mol. The first-order chi connectivity index (χ1) is 8.86. The summed E-state index contributed by atoms with van der Waals surface area (Å²) < 4.78 is 5.31. The van der Waals surface area contributed by atoms with Gasteiger partial charge in [0, 0.05) is 17.8 Å². The van der Waals surface area contributed by atoms with Crippen LogP contribution in [0.3, 0.4) is 0 Å². The lowest BCUT2D eigenvalue weighted by Crippen LogP contribution is -2.33. The molecule has 1 fully saturated rings. The van der Waals surface area contributed by atoms with Crippen LogP contribution in [-0.4, -0.2) is 27.7 Å². The van der Waals surface area contributed by atoms with Crippen LogP contribution in [0.4, 0.5) is 0 Å². The number of hydrogen-bond donors (Lipinski definition) is 1. The molecule has 2 aromatic heterocycles. The van der Waals surface area contributed by atoms with Crippen molar-refractivity contribution in [3.05, 3.63) is 16.8 Å². The first kappa shape index (κ1) is 11.8. The first-order valence-corrected chi connectivity index (χ1v) is 7.25. The normalized spacial score (nSPS) is 16.9. The smallest absolute Gasteiger partial charge is 0.228 e. The average Bonchev–Trinajstić information content (AvgIpc) is 2.90. The zero-order chi connectivity index (χ0) is 12.4. The summed E-state index contributed by atoms with van der Waals surface area (Å²) in [4.78, 5) is 8.59. The summed E-state index contributed by atoms with van der Waals surface area (Å²) in [6.45, 7) is 3.11. The van der Waals surface area contributed by atoms with E-state index >= 15 is 0 Å². The molecule has 0 amide bonds. The van der Waals surface area contributed by atoms with E-state index in [1.165, 1.54) is 24.2 Å². The minimum atomic E-state index is 0.471. The lowest BCUT2D eigenvalue weighted by Gasteiger charge is -2.14. The zero-order valence-electron chi connectivity index (χ0n) is 10.3. The maximum absolute atomic E-state index is 5.31. The highest BCUT2D eigenvalue weighted by Crippen LogP contribution is 2.34. The molecule has 0 aliphatic heterocycles. The molecular formula is C12H16N4OS. The summed E-state index contributed by atoms with van der Waals surface area (Å²) in [5.74, 6) is 2.08. The number of rotatable bonds is 6. The summed E-state index contributed by atoms with van der Waals surface area (Å²) in [5.41, 5.74) is 2.57. The molecule has 1 aliphatic rings. The van der Waals surface area contributed by atoms with Crippen molar-refractivity contribution in [1.82, 2.24) is 20.4 Å². The molecule has 2 heterocycles. The largest absolute Gasteiger partial charge is 0.339 e. The maximum atomic E-state index is 5.31. The molecule has 5 nitrogen and oxygen atoms in total. The molecular weight excluding hydrogens is 248 g/mol. The number of thiazole rings is 1. The Kier molecular flexibility index (Phi) is 3.38. The number of nitrogens with zero attached hydrogens (tertiary/aromatic N) is 3. The fourth-order valence-corrected chi connectivity index (χ4v) is 2.65. The minimum Gasteiger partial charge on any atom is -0.339 e. The molecule has 96 valence electrons. The van der Waals surface area contributed by atoms with E-state index in [1.54, 1.807) is 5.51 Å². The van der Waals surface area contributed by atoms with Crippen LogP contribution >= 0.6 is 11.3 Å². The van der Waals surface area contributed by atoms with Gasteiger partial charge >= 0.3 is 0 Å². The van der Waals surface area contributed by atoms with Gasteiger partial charge in [0.2, 0.25) is 11.7 Å². The monoisotopic (exact) mass is 264 g/mol. The highest BCUT2D eigenvalue weighted by Gasteiger charge is 2.31. The van der Waals surface area contributed by atoms with E-state index in [0.717, 1.165) is 24.6 Å². The number of hydrogen-bond acceptors (Lipinski definition) is 6. The molecule has 0 bridgehead atoms. The van der Waals surface area contributed by atoms with Gasteiger partial charge in [0.1, 0.15) is 5.69 Å². The molecule has 1 unspecified atom stereocenters.